The molecule has 3 amide bonds. The lowest BCUT2D eigenvalue weighted by atomic mass is 9.81. The van der Waals surface area contributed by atoms with Gasteiger partial charge in [0.15, 0.2) is 0 Å². The normalized spacial score (nSPS) is 20.9. The number of anilines is 2. The summed E-state index contributed by atoms with van der Waals surface area (Å²) in [6, 6.07) is 11.2. The molecule has 1 saturated heterocycles. The predicted octanol–water partition coefficient (Wildman–Crippen LogP) is 2.99. The van der Waals surface area contributed by atoms with E-state index in [2.05, 4.69) is 5.32 Å². The molecule has 4 rings (SSSR count). The van der Waals surface area contributed by atoms with E-state index < -0.39 is 17.3 Å². The number of likely N-dealkylation sites (tertiary alicyclic amines) is 1. The molecule has 27 heavy (non-hydrogen) atoms. The maximum atomic E-state index is 13.8. The van der Waals surface area contributed by atoms with Crippen LogP contribution in [0, 0.1) is 5.82 Å². The van der Waals surface area contributed by atoms with E-state index in [1.807, 2.05) is 18.2 Å². The largest absolute Gasteiger partial charge is 0.497 e. The number of carbonyl (C=O) groups is 2. The molecule has 2 aromatic rings. The Morgan fingerprint density at radius 3 is 2.78 bits per heavy atom. The van der Waals surface area contributed by atoms with Gasteiger partial charge >= 0.3 is 6.03 Å². The maximum absolute atomic E-state index is 13.8. The van der Waals surface area contributed by atoms with Gasteiger partial charge in [0.2, 0.25) is 5.91 Å². The summed E-state index contributed by atoms with van der Waals surface area (Å²) in [5, 5.41) is 2.59. The Bertz CT molecular complexity index is 932. The number of carbonyl (C=O) groups excluding carboxylic acids is 2. The van der Waals surface area contributed by atoms with Crippen LogP contribution in [-0.4, -0.2) is 44.1 Å². The average molecular weight is 369 g/mol. The molecule has 140 valence electrons. The van der Waals surface area contributed by atoms with E-state index in [4.69, 9.17) is 4.74 Å². The van der Waals surface area contributed by atoms with Gasteiger partial charge in [0.25, 0.3) is 0 Å². The first-order chi connectivity index (χ1) is 13.0. The minimum atomic E-state index is -0.787. The summed E-state index contributed by atoms with van der Waals surface area (Å²) in [7, 11) is 3.32. The van der Waals surface area contributed by atoms with Crippen LogP contribution < -0.4 is 15.0 Å². The summed E-state index contributed by atoms with van der Waals surface area (Å²) >= 11 is 0. The molecule has 1 fully saturated rings. The Balaban J connectivity index is 1.61. The predicted molar refractivity (Wildman–Crippen MR) is 99.7 cm³/mol. The SMILES string of the molecule is COc1ccc2c(c1)C1(CCN(C(=O)Nc3ccccc3F)C1)C(=O)N2C. The zero-order chi connectivity index (χ0) is 19.2. The third kappa shape index (κ3) is 2.61. The molecule has 6 nitrogen and oxygen atoms in total. The van der Waals surface area contributed by atoms with Gasteiger partial charge < -0.3 is 19.9 Å². The molecule has 7 heteroatoms. The molecule has 2 aliphatic heterocycles. The van der Waals surface area contributed by atoms with Gasteiger partial charge in [0.1, 0.15) is 11.6 Å². The summed E-state index contributed by atoms with van der Waals surface area (Å²) in [5.74, 6) is 0.143. The van der Waals surface area contributed by atoms with E-state index in [0.717, 1.165) is 11.3 Å². The number of ether oxygens (including phenoxy) is 1. The number of hydrogen-bond acceptors (Lipinski definition) is 3. The highest BCUT2D eigenvalue weighted by Crippen LogP contribution is 2.48. The number of urea groups is 1. The molecule has 0 bridgehead atoms. The number of para-hydroxylation sites is 1. The number of nitrogens with one attached hydrogen (secondary N) is 1. The molecule has 0 aromatic heterocycles. The molecule has 1 N–H and O–H groups in total. The molecule has 0 saturated carbocycles. The van der Waals surface area contributed by atoms with E-state index in [1.54, 1.807) is 36.1 Å². The molecule has 2 aromatic carbocycles. The van der Waals surface area contributed by atoms with E-state index >= 15 is 0 Å². The Hall–Kier alpha value is -3.09. The first kappa shape index (κ1) is 17.3. The van der Waals surface area contributed by atoms with Crippen molar-refractivity contribution in [3.63, 3.8) is 0 Å². The van der Waals surface area contributed by atoms with Gasteiger partial charge in [0.05, 0.1) is 18.2 Å². The fraction of sp³-hybridized carbons (Fsp3) is 0.300. The Morgan fingerprint density at radius 1 is 1.26 bits per heavy atom. The molecule has 1 spiro atoms. The third-order valence-corrected chi connectivity index (χ3v) is 5.47. The second-order valence-corrected chi connectivity index (χ2v) is 6.91. The van der Waals surface area contributed by atoms with Crippen LogP contribution in [0.15, 0.2) is 42.5 Å². The number of fused-ring (bicyclic) bond motifs is 2. The van der Waals surface area contributed by atoms with Crippen molar-refractivity contribution in [2.24, 2.45) is 0 Å². The van der Waals surface area contributed by atoms with Crippen LogP contribution >= 0.6 is 0 Å². The third-order valence-electron chi connectivity index (χ3n) is 5.47. The molecular formula is C20H20FN3O3. The minimum absolute atomic E-state index is 0.0352. The topological polar surface area (TPSA) is 61.9 Å². The van der Waals surface area contributed by atoms with Crippen molar-refractivity contribution >= 4 is 23.3 Å². The summed E-state index contributed by atoms with van der Waals surface area (Å²) in [4.78, 5) is 28.9. The first-order valence-electron chi connectivity index (χ1n) is 8.73. The van der Waals surface area contributed by atoms with Crippen molar-refractivity contribution in [3.8, 4) is 5.75 Å². The van der Waals surface area contributed by atoms with E-state index in [-0.39, 0.29) is 18.1 Å². The number of hydrogen-bond donors (Lipinski definition) is 1. The number of rotatable bonds is 2. The lowest BCUT2D eigenvalue weighted by Gasteiger charge is -2.24. The van der Waals surface area contributed by atoms with Crippen LogP contribution in [0.5, 0.6) is 5.75 Å². The van der Waals surface area contributed by atoms with Gasteiger partial charge in [-0.3, -0.25) is 4.79 Å². The van der Waals surface area contributed by atoms with Gasteiger partial charge in [-0.1, -0.05) is 12.1 Å². The fourth-order valence-corrected chi connectivity index (χ4v) is 4.00. The standard InChI is InChI=1S/C20H20FN3O3/c1-23-17-8-7-13(27-2)11-14(17)20(18(23)25)9-10-24(12-20)19(26)22-16-6-4-3-5-15(16)21/h3-8,11H,9-10,12H2,1-2H3,(H,22,26). The van der Waals surface area contributed by atoms with Crippen LogP contribution in [0.4, 0.5) is 20.6 Å². The molecule has 1 atom stereocenters. The van der Waals surface area contributed by atoms with Crippen molar-refractivity contribution in [1.82, 2.24) is 4.90 Å². The van der Waals surface area contributed by atoms with Gasteiger partial charge in [-0.15, -0.1) is 0 Å². The maximum Gasteiger partial charge on any atom is 0.321 e. The molecule has 1 unspecified atom stereocenters. The minimum Gasteiger partial charge on any atom is -0.497 e. The van der Waals surface area contributed by atoms with Crippen molar-refractivity contribution in [3.05, 3.63) is 53.8 Å². The van der Waals surface area contributed by atoms with Crippen molar-refractivity contribution in [2.75, 3.05) is 37.5 Å². The van der Waals surface area contributed by atoms with Crippen LogP contribution in [0.1, 0.15) is 12.0 Å². The van der Waals surface area contributed by atoms with Gasteiger partial charge in [-0.2, -0.15) is 0 Å². The van der Waals surface area contributed by atoms with Crippen molar-refractivity contribution in [2.45, 2.75) is 11.8 Å². The number of amides is 3. The Morgan fingerprint density at radius 2 is 2.04 bits per heavy atom. The second kappa shape index (κ2) is 6.26. The van der Waals surface area contributed by atoms with Crippen LogP contribution in [0.25, 0.3) is 0 Å². The second-order valence-electron chi connectivity index (χ2n) is 6.91. The number of methoxy groups -OCH3 is 1. The number of halogens is 1. The smallest absolute Gasteiger partial charge is 0.321 e. The highest BCUT2D eigenvalue weighted by molar-refractivity contribution is 6.09. The van der Waals surface area contributed by atoms with E-state index in [0.29, 0.717) is 18.7 Å². The highest BCUT2D eigenvalue weighted by Gasteiger charge is 2.54. The Kier molecular flexibility index (Phi) is 4.02. The quantitative estimate of drug-likeness (QED) is 0.885. The molecule has 0 aliphatic carbocycles. The lowest BCUT2D eigenvalue weighted by Crippen LogP contribution is -2.43. The fourth-order valence-electron chi connectivity index (χ4n) is 4.00. The summed E-state index contributed by atoms with van der Waals surface area (Å²) in [6.45, 7) is 0.660. The molecule has 2 aliphatic rings. The zero-order valence-corrected chi connectivity index (χ0v) is 15.2. The number of nitrogens with zero attached hydrogens (tertiary/aromatic N) is 2. The monoisotopic (exact) mass is 369 g/mol. The summed E-state index contributed by atoms with van der Waals surface area (Å²) < 4.78 is 19.1. The lowest BCUT2D eigenvalue weighted by molar-refractivity contribution is -0.122. The molecular weight excluding hydrogens is 349 g/mol. The zero-order valence-electron chi connectivity index (χ0n) is 15.2. The van der Waals surface area contributed by atoms with Crippen LogP contribution in [0.3, 0.4) is 0 Å². The summed E-state index contributed by atoms with van der Waals surface area (Å²) in [5.41, 5.74) is 1.04. The summed E-state index contributed by atoms with van der Waals surface area (Å²) in [6.07, 6.45) is 0.515. The molecule has 0 radical (unpaired) electrons. The average Bonchev–Trinajstić information content (AvgIpc) is 3.21. The number of benzene rings is 2. The molecule has 2 heterocycles. The highest BCUT2D eigenvalue weighted by atomic mass is 19.1. The Labute approximate surface area is 156 Å². The van der Waals surface area contributed by atoms with Crippen molar-refractivity contribution in [1.29, 1.82) is 0 Å². The van der Waals surface area contributed by atoms with Gasteiger partial charge in [-0.25, -0.2) is 9.18 Å². The van der Waals surface area contributed by atoms with Crippen LogP contribution in [0.2, 0.25) is 0 Å². The van der Waals surface area contributed by atoms with E-state index in [9.17, 15) is 14.0 Å². The number of likely N-dealkylation sites (N-methyl/N-ethyl adjacent to an activating group) is 1. The van der Waals surface area contributed by atoms with Gasteiger partial charge in [-0.05, 0) is 42.3 Å². The van der Waals surface area contributed by atoms with Crippen molar-refractivity contribution < 1.29 is 18.7 Å². The van der Waals surface area contributed by atoms with Crippen LogP contribution in [-0.2, 0) is 10.2 Å². The first-order valence-corrected chi connectivity index (χ1v) is 8.73. The van der Waals surface area contributed by atoms with E-state index in [1.165, 1.54) is 12.1 Å². The van der Waals surface area contributed by atoms with Gasteiger partial charge in [0, 0.05) is 25.8 Å².